The van der Waals surface area contributed by atoms with Crippen molar-refractivity contribution >= 4 is 34.8 Å². The third-order valence-electron chi connectivity index (χ3n) is 4.53. The first kappa shape index (κ1) is 21.1. The maximum atomic E-state index is 12.8. The van der Waals surface area contributed by atoms with Crippen LogP contribution in [0.25, 0.3) is 5.69 Å². The quantitative estimate of drug-likeness (QED) is 0.473. The number of nitrogens with one attached hydrogen (secondary N) is 2. The Hall–Kier alpha value is -4.17. The zero-order valence-electron chi connectivity index (χ0n) is 16.8. The molecule has 32 heavy (non-hydrogen) atoms. The highest BCUT2D eigenvalue weighted by atomic mass is 35.5. The lowest BCUT2D eigenvalue weighted by molar-refractivity contribution is 0.0994. The summed E-state index contributed by atoms with van der Waals surface area (Å²) < 4.78 is 6.51. The van der Waals surface area contributed by atoms with Crippen molar-refractivity contribution in [2.24, 2.45) is 0 Å². The van der Waals surface area contributed by atoms with Crippen LogP contribution in [0.2, 0.25) is 5.02 Å². The number of halogens is 1. The van der Waals surface area contributed by atoms with Gasteiger partial charge in [0.15, 0.2) is 11.5 Å². The summed E-state index contributed by atoms with van der Waals surface area (Å²) in [4.78, 5) is 37.4. The Morgan fingerprint density at radius 1 is 0.938 bits per heavy atom. The van der Waals surface area contributed by atoms with Crippen LogP contribution < -0.4 is 16.1 Å². The van der Waals surface area contributed by atoms with Crippen molar-refractivity contribution in [2.75, 3.05) is 10.6 Å². The molecule has 0 bridgehead atoms. The molecule has 0 aliphatic rings. The highest BCUT2D eigenvalue weighted by Crippen LogP contribution is 2.20. The molecule has 9 heteroatoms. The Morgan fingerprint density at radius 2 is 1.66 bits per heavy atom. The van der Waals surface area contributed by atoms with Gasteiger partial charge in [-0.3, -0.25) is 14.4 Å². The number of rotatable bonds is 5. The van der Waals surface area contributed by atoms with E-state index in [4.69, 9.17) is 16.0 Å². The van der Waals surface area contributed by atoms with Gasteiger partial charge in [-0.25, -0.2) is 4.68 Å². The lowest BCUT2D eigenvalue weighted by atomic mass is 10.2. The molecule has 2 heterocycles. The summed E-state index contributed by atoms with van der Waals surface area (Å²) in [5.41, 5.74) is 1.07. The predicted molar refractivity (Wildman–Crippen MR) is 121 cm³/mol. The lowest BCUT2D eigenvalue weighted by Gasteiger charge is -2.13. The Labute approximate surface area is 187 Å². The predicted octanol–water partition coefficient (Wildman–Crippen LogP) is 4.29. The molecular formula is C23H17ClN4O4. The van der Waals surface area contributed by atoms with Crippen molar-refractivity contribution < 1.29 is 14.0 Å². The maximum absolute atomic E-state index is 12.8. The molecule has 0 aliphatic heterocycles. The van der Waals surface area contributed by atoms with Crippen molar-refractivity contribution in [3.8, 4) is 5.69 Å². The summed E-state index contributed by atoms with van der Waals surface area (Å²) >= 11 is 6.25. The average Bonchev–Trinajstić information content (AvgIpc) is 3.30. The van der Waals surface area contributed by atoms with Crippen LogP contribution in [0.5, 0.6) is 0 Å². The molecule has 0 saturated heterocycles. The second kappa shape index (κ2) is 8.91. The van der Waals surface area contributed by atoms with E-state index in [0.717, 1.165) is 0 Å². The Kier molecular flexibility index (Phi) is 5.87. The van der Waals surface area contributed by atoms with Crippen molar-refractivity contribution in [3.05, 3.63) is 105 Å². The number of nitrogens with zero attached hydrogens (tertiary/aromatic N) is 2. The van der Waals surface area contributed by atoms with E-state index in [1.807, 2.05) is 0 Å². The normalized spacial score (nSPS) is 10.6. The minimum Gasteiger partial charge on any atom is -0.459 e. The fourth-order valence-corrected chi connectivity index (χ4v) is 3.25. The van der Waals surface area contributed by atoms with E-state index in [1.165, 1.54) is 23.1 Å². The molecule has 160 valence electrons. The smallest absolute Gasteiger partial charge is 0.291 e. The van der Waals surface area contributed by atoms with E-state index >= 15 is 0 Å². The fraction of sp³-hybridized carbons (Fsp3) is 0.0435. The number of carbonyl (C=O) groups is 2. The second-order valence-corrected chi connectivity index (χ2v) is 7.24. The van der Waals surface area contributed by atoms with Gasteiger partial charge in [0.05, 0.1) is 17.0 Å². The lowest BCUT2D eigenvalue weighted by Crippen LogP contribution is -2.27. The van der Waals surface area contributed by atoms with Crippen LogP contribution >= 0.6 is 11.6 Å². The SMILES string of the molecule is Cc1cc(=O)c(C(=O)Nc2cccc(NC(=O)c3ccco3)c2)nn1-c1ccccc1Cl. The average molecular weight is 449 g/mol. The maximum Gasteiger partial charge on any atom is 0.291 e. The number of carbonyl (C=O) groups excluding carboxylic acids is 2. The van der Waals surface area contributed by atoms with Gasteiger partial charge < -0.3 is 15.1 Å². The van der Waals surface area contributed by atoms with Gasteiger partial charge in [-0.1, -0.05) is 29.8 Å². The number of hydrogen-bond donors (Lipinski definition) is 2. The molecule has 4 aromatic rings. The second-order valence-electron chi connectivity index (χ2n) is 6.83. The molecule has 0 unspecified atom stereocenters. The monoisotopic (exact) mass is 448 g/mol. The number of amides is 2. The molecule has 8 nitrogen and oxygen atoms in total. The number of anilines is 2. The molecule has 0 fully saturated rings. The minimum atomic E-state index is -0.690. The van der Waals surface area contributed by atoms with Gasteiger partial charge in [0.2, 0.25) is 5.43 Å². The van der Waals surface area contributed by atoms with Gasteiger partial charge in [0, 0.05) is 23.1 Å². The number of benzene rings is 2. The number of aryl methyl sites for hydroxylation is 1. The fourth-order valence-electron chi connectivity index (χ4n) is 3.04. The molecule has 2 amide bonds. The van der Waals surface area contributed by atoms with Crippen LogP contribution in [0.15, 0.2) is 82.2 Å². The molecule has 0 saturated carbocycles. The number of para-hydroxylation sites is 1. The molecule has 0 atom stereocenters. The summed E-state index contributed by atoms with van der Waals surface area (Å²) in [6.45, 7) is 1.70. The molecule has 0 aliphatic carbocycles. The summed E-state index contributed by atoms with van der Waals surface area (Å²) in [5, 5.41) is 9.97. The standard InChI is InChI=1S/C23H17ClN4O4/c1-14-12-19(29)21(27-28(14)18-9-3-2-8-17(18)24)23(31)26-16-7-4-6-15(13-16)25-22(30)20-10-5-11-32-20/h2-13H,1H3,(H,25,30)(H,26,31). The third kappa shape index (κ3) is 4.45. The minimum absolute atomic E-state index is 0.156. The molecule has 2 N–H and O–H groups in total. The Balaban J connectivity index is 1.58. The van der Waals surface area contributed by atoms with Gasteiger partial charge in [-0.2, -0.15) is 5.10 Å². The van der Waals surface area contributed by atoms with Crippen LogP contribution in [0.4, 0.5) is 11.4 Å². The first-order valence-electron chi connectivity index (χ1n) is 9.54. The molecule has 4 rings (SSSR count). The van der Waals surface area contributed by atoms with Crippen molar-refractivity contribution in [3.63, 3.8) is 0 Å². The third-order valence-corrected chi connectivity index (χ3v) is 4.85. The summed E-state index contributed by atoms with van der Waals surface area (Å²) in [6.07, 6.45) is 1.40. The first-order chi connectivity index (χ1) is 15.4. The van der Waals surface area contributed by atoms with Gasteiger partial charge in [-0.15, -0.1) is 0 Å². The number of furan rings is 1. The topological polar surface area (TPSA) is 106 Å². The summed E-state index contributed by atoms with van der Waals surface area (Å²) in [7, 11) is 0. The van der Waals surface area contributed by atoms with Crippen LogP contribution in [-0.2, 0) is 0 Å². The van der Waals surface area contributed by atoms with Crippen LogP contribution in [0.3, 0.4) is 0 Å². The number of hydrogen-bond acceptors (Lipinski definition) is 5. The van der Waals surface area contributed by atoms with Crippen molar-refractivity contribution in [1.29, 1.82) is 0 Å². The van der Waals surface area contributed by atoms with E-state index in [1.54, 1.807) is 61.5 Å². The van der Waals surface area contributed by atoms with E-state index in [9.17, 15) is 14.4 Å². The van der Waals surface area contributed by atoms with Gasteiger partial charge in [0.1, 0.15) is 0 Å². The molecule has 2 aromatic heterocycles. The highest BCUT2D eigenvalue weighted by molar-refractivity contribution is 6.32. The van der Waals surface area contributed by atoms with Crippen molar-refractivity contribution in [2.45, 2.75) is 6.92 Å². The van der Waals surface area contributed by atoms with Crippen LogP contribution in [-0.4, -0.2) is 21.6 Å². The highest BCUT2D eigenvalue weighted by Gasteiger charge is 2.17. The van der Waals surface area contributed by atoms with Gasteiger partial charge in [-0.05, 0) is 49.4 Å². The Bertz CT molecular complexity index is 1360. The Morgan fingerprint density at radius 3 is 2.34 bits per heavy atom. The summed E-state index contributed by atoms with van der Waals surface area (Å²) in [5.74, 6) is -0.963. The summed E-state index contributed by atoms with van der Waals surface area (Å²) in [6, 6.07) is 17.9. The van der Waals surface area contributed by atoms with E-state index in [-0.39, 0.29) is 11.5 Å². The van der Waals surface area contributed by atoms with E-state index < -0.39 is 17.2 Å². The van der Waals surface area contributed by atoms with Crippen LogP contribution in [0, 0.1) is 6.92 Å². The van der Waals surface area contributed by atoms with Crippen LogP contribution in [0.1, 0.15) is 26.7 Å². The van der Waals surface area contributed by atoms with E-state index in [2.05, 4.69) is 15.7 Å². The number of aromatic nitrogens is 2. The molecule has 0 radical (unpaired) electrons. The van der Waals surface area contributed by atoms with E-state index in [0.29, 0.717) is 27.8 Å². The zero-order valence-corrected chi connectivity index (χ0v) is 17.6. The molecule has 2 aromatic carbocycles. The van der Waals surface area contributed by atoms with Gasteiger partial charge >= 0.3 is 0 Å². The molecular weight excluding hydrogens is 432 g/mol. The molecule has 0 spiro atoms. The zero-order chi connectivity index (χ0) is 22.7. The first-order valence-corrected chi connectivity index (χ1v) is 9.92. The largest absolute Gasteiger partial charge is 0.459 e. The van der Waals surface area contributed by atoms with Gasteiger partial charge in [0.25, 0.3) is 11.8 Å². The van der Waals surface area contributed by atoms with Crippen molar-refractivity contribution in [1.82, 2.24) is 9.78 Å².